The summed E-state index contributed by atoms with van der Waals surface area (Å²) in [6, 6.07) is 5.09. The Hall–Kier alpha value is -1.29. The van der Waals surface area contributed by atoms with Crippen molar-refractivity contribution in [1.82, 2.24) is 4.98 Å². The number of methoxy groups -OCH3 is 1. The smallest absolute Gasteiger partial charge is 0.189 e. The summed E-state index contributed by atoms with van der Waals surface area (Å²) in [5.74, 6) is 0.659. The molecule has 1 aromatic carbocycles. The van der Waals surface area contributed by atoms with Crippen LogP contribution < -0.4 is 10.2 Å². The number of rotatable bonds is 1. The van der Waals surface area contributed by atoms with E-state index in [9.17, 15) is 4.79 Å². The molecular weight excluding hydrogens is 246 g/mol. The molecule has 0 aliphatic carbocycles. The minimum atomic E-state index is -0.0154. The Bertz CT molecular complexity index is 533. The molecule has 2 aromatic rings. The number of H-pyrrole nitrogens is 1. The fourth-order valence-electron chi connectivity index (χ4n) is 1.38. The predicted molar refractivity (Wildman–Crippen MR) is 58.8 cm³/mol. The summed E-state index contributed by atoms with van der Waals surface area (Å²) in [4.78, 5) is 14.5. The maximum absolute atomic E-state index is 11.5. The lowest BCUT2D eigenvalue weighted by Gasteiger charge is -2.05. The molecule has 0 aliphatic heterocycles. The zero-order chi connectivity index (χ0) is 10.1. The second kappa shape index (κ2) is 3.46. The summed E-state index contributed by atoms with van der Waals surface area (Å²) in [5, 5.41) is 0.624. The molecule has 1 N–H and O–H groups in total. The van der Waals surface area contributed by atoms with Crippen molar-refractivity contribution < 1.29 is 4.74 Å². The highest BCUT2D eigenvalue weighted by molar-refractivity contribution is 9.10. The number of nitrogens with one attached hydrogen (secondary N) is 1. The highest BCUT2D eigenvalue weighted by Gasteiger charge is 2.05. The van der Waals surface area contributed by atoms with E-state index in [-0.39, 0.29) is 5.43 Å². The van der Waals surface area contributed by atoms with Crippen molar-refractivity contribution >= 4 is 26.8 Å². The Kier molecular flexibility index (Phi) is 2.29. The largest absolute Gasteiger partial charge is 0.495 e. The van der Waals surface area contributed by atoms with Gasteiger partial charge in [-0.05, 0) is 12.1 Å². The van der Waals surface area contributed by atoms with E-state index in [1.165, 1.54) is 6.07 Å². The summed E-state index contributed by atoms with van der Waals surface area (Å²) in [6.45, 7) is 0. The van der Waals surface area contributed by atoms with Crippen molar-refractivity contribution in [3.63, 3.8) is 0 Å². The second-order valence-electron chi connectivity index (χ2n) is 2.87. The molecule has 0 amide bonds. The minimum absolute atomic E-state index is 0.0154. The van der Waals surface area contributed by atoms with Gasteiger partial charge in [-0.1, -0.05) is 15.9 Å². The number of aromatic amines is 1. The van der Waals surface area contributed by atoms with Crippen molar-refractivity contribution in [3.05, 3.63) is 39.1 Å². The van der Waals surface area contributed by atoms with Gasteiger partial charge in [0.1, 0.15) is 5.75 Å². The summed E-state index contributed by atoms with van der Waals surface area (Å²) >= 11 is 3.33. The van der Waals surface area contributed by atoms with Crippen LogP contribution in [0.25, 0.3) is 10.9 Å². The third-order valence-corrected chi connectivity index (χ3v) is 2.47. The van der Waals surface area contributed by atoms with Gasteiger partial charge < -0.3 is 9.72 Å². The van der Waals surface area contributed by atoms with Crippen LogP contribution in [-0.2, 0) is 0 Å². The molecule has 3 nitrogen and oxygen atoms in total. The van der Waals surface area contributed by atoms with Crippen LogP contribution in [0.3, 0.4) is 0 Å². The molecule has 14 heavy (non-hydrogen) atoms. The predicted octanol–water partition coefficient (Wildman–Crippen LogP) is 2.30. The van der Waals surface area contributed by atoms with Crippen molar-refractivity contribution in [2.24, 2.45) is 0 Å². The summed E-state index contributed by atoms with van der Waals surface area (Å²) in [5.41, 5.74) is 0.710. The van der Waals surface area contributed by atoms with Crippen LogP contribution in [0.15, 0.2) is 33.7 Å². The van der Waals surface area contributed by atoms with Gasteiger partial charge in [0.2, 0.25) is 0 Å². The van der Waals surface area contributed by atoms with E-state index in [0.717, 1.165) is 9.99 Å². The van der Waals surface area contributed by atoms with Crippen molar-refractivity contribution in [2.45, 2.75) is 0 Å². The fourth-order valence-corrected chi connectivity index (χ4v) is 1.81. The maximum Gasteiger partial charge on any atom is 0.189 e. The van der Waals surface area contributed by atoms with Gasteiger partial charge in [0.05, 0.1) is 18.0 Å². The normalized spacial score (nSPS) is 10.4. The van der Waals surface area contributed by atoms with E-state index in [2.05, 4.69) is 20.9 Å². The monoisotopic (exact) mass is 253 g/mol. The third kappa shape index (κ3) is 1.42. The molecule has 0 aliphatic rings. The first-order valence-electron chi connectivity index (χ1n) is 4.07. The van der Waals surface area contributed by atoms with Gasteiger partial charge in [0, 0.05) is 16.7 Å². The van der Waals surface area contributed by atoms with E-state index in [0.29, 0.717) is 11.1 Å². The van der Waals surface area contributed by atoms with Gasteiger partial charge in [-0.25, -0.2) is 0 Å². The first-order valence-corrected chi connectivity index (χ1v) is 4.86. The van der Waals surface area contributed by atoms with Gasteiger partial charge in [0.15, 0.2) is 5.43 Å². The summed E-state index contributed by atoms with van der Waals surface area (Å²) < 4.78 is 6.00. The molecule has 0 atom stereocenters. The van der Waals surface area contributed by atoms with Gasteiger partial charge >= 0.3 is 0 Å². The van der Waals surface area contributed by atoms with Crippen LogP contribution >= 0.6 is 15.9 Å². The minimum Gasteiger partial charge on any atom is -0.495 e. The van der Waals surface area contributed by atoms with Gasteiger partial charge in [-0.2, -0.15) is 0 Å². The molecular formula is C10H8BrNO2. The van der Waals surface area contributed by atoms with E-state index in [1.807, 2.05) is 6.07 Å². The average molecular weight is 254 g/mol. The zero-order valence-corrected chi connectivity index (χ0v) is 9.09. The van der Waals surface area contributed by atoms with Crippen molar-refractivity contribution in [2.75, 3.05) is 7.11 Å². The molecule has 0 spiro atoms. The topological polar surface area (TPSA) is 42.1 Å². The fraction of sp³-hybridized carbons (Fsp3) is 0.100. The lowest BCUT2D eigenvalue weighted by atomic mass is 10.2. The first-order chi connectivity index (χ1) is 6.72. The SMILES string of the molecule is COc1cc(Br)cc2c(=O)cc[nH]c12. The second-order valence-corrected chi connectivity index (χ2v) is 3.79. The number of hydrogen-bond acceptors (Lipinski definition) is 2. The van der Waals surface area contributed by atoms with Crippen molar-refractivity contribution in [3.8, 4) is 5.75 Å². The third-order valence-electron chi connectivity index (χ3n) is 2.01. The van der Waals surface area contributed by atoms with Gasteiger partial charge in [-0.15, -0.1) is 0 Å². The van der Waals surface area contributed by atoms with Crippen LogP contribution in [0, 0.1) is 0 Å². The first kappa shape index (κ1) is 9.27. The number of benzene rings is 1. The van der Waals surface area contributed by atoms with Crippen LogP contribution in [0.5, 0.6) is 5.75 Å². The molecule has 1 aromatic heterocycles. The molecule has 0 bridgehead atoms. The molecule has 1 heterocycles. The average Bonchev–Trinajstić information content (AvgIpc) is 2.18. The molecule has 72 valence electrons. The number of aromatic nitrogens is 1. The number of ether oxygens (including phenoxy) is 1. The number of halogens is 1. The molecule has 0 unspecified atom stereocenters. The number of fused-ring (bicyclic) bond motifs is 1. The van der Waals surface area contributed by atoms with Crippen LogP contribution in [-0.4, -0.2) is 12.1 Å². The zero-order valence-electron chi connectivity index (χ0n) is 7.50. The van der Waals surface area contributed by atoms with Crippen LogP contribution in [0.1, 0.15) is 0 Å². The standard InChI is InChI=1S/C10H8BrNO2/c1-14-9-5-6(11)4-7-8(13)2-3-12-10(7)9/h2-5H,1H3,(H,12,13). The summed E-state index contributed by atoms with van der Waals surface area (Å²) in [7, 11) is 1.58. The van der Waals surface area contributed by atoms with E-state index >= 15 is 0 Å². The molecule has 2 rings (SSSR count). The quantitative estimate of drug-likeness (QED) is 0.848. The maximum atomic E-state index is 11.5. The van der Waals surface area contributed by atoms with Gasteiger partial charge in [-0.3, -0.25) is 4.79 Å². The Morgan fingerprint density at radius 1 is 1.43 bits per heavy atom. The van der Waals surface area contributed by atoms with Crippen LogP contribution in [0.2, 0.25) is 0 Å². The Morgan fingerprint density at radius 3 is 2.93 bits per heavy atom. The molecule has 0 radical (unpaired) electrons. The highest BCUT2D eigenvalue weighted by atomic mass is 79.9. The van der Waals surface area contributed by atoms with E-state index in [4.69, 9.17) is 4.74 Å². The lowest BCUT2D eigenvalue weighted by molar-refractivity contribution is 0.418. The molecule has 0 saturated heterocycles. The van der Waals surface area contributed by atoms with Crippen LogP contribution in [0.4, 0.5) is 0 Å². The number of hydrogen-bond donors (Lipinski definition) is 1. The summed E-state index contributed by atoms with van der Waals surface area (Å²) in [6.07, 6.45) is 1.61. The van der Waals surface area contributed by atoms with E-state index < -0.39 is 0 Å². The molecule has 0 fully saturated rings. The number of pyridine rings is 1. The Balaban J connectivity index is 2.95. The Labute approximate surface area is 88.8 Å². The molecule has 0 saturated carbocycles. The molecule has 4 heteroatoms. The highest BCUT2D eigenvalue weighted by Crippen LogP contribution is 2.26. The lowest BCUT2D eigenvalue weighted by Crippen LogP contribution is -2.01. The van der Waals surface area contributed by atoms with Crippen molar-refractivity contribution in [1.29, 1.82) is 0 Å². The van der Waals surface area contributed by atoms with E-state index in [1.54, 1.807) is 19.4 Å². The van der Waals surface area contributed by atoms with Gasteiger partial charge in [0.25, 0.3) is 0 Å². The Morgan fingerprint density at radius 2 is 2.21 bits per heavy atom.